The Hall–Kier alpha value is -3.42. The van der Waals surface area contributed by atoms with Gasteiger partial charge in [0.05, 0.1) is 5.56 Å². The molecule has 1 aromatic rings. The normalized spacial score (nSPS) is 17.2. The topological polar surface area (TPSA) is 116 Å². The molecule has 0 unspecified atom stereocenters. The van der Waals surface area contributed by atoms with Crippen molar-refractivity contribution in [2.45, 2.75) is 0 Å². The van der Waals surface area contributed by atoms with Crippen LogP contribution in [0.1, 0.15) is 10.4 Å². The van der Waals surface area contributed by atoms with Crippen LogP contribution in [0, 0.1) is 5.92 Å². The van der Waals surface area contributed by atoms with Gasteiger partial charge in [0.2, 0.25) is 11.8 Å². The quantitative estimate of drug-likeness (QED) is 0.533. The lowest BCUT2D eigenvalue weighted by atomic mass is 10.0. The number of aromatic carboxylic acids is 1. The van der Waals surface area contributed by atoms with Crippen molar-refractivity contribution in [3.63, 3.8) is 0 Å². The molecular formula is C16H15N3O5. The van der Waals surface area contributed by atoms with Crippen LogP contribution in [0.25, 0.3) is 0 Å². The maximum absolute atomic E-state index is 12.3. The van der Waals surface area contributed by atoms with Crippen LogP contribution in [0.15, 0.2) is 49.2 Å². The molecule has 0 radical (unpaired) electrons. The van der Waals surface area contributed by atoms with Gasteiger partial charge < -0.3 is 10.4 Å². The summed E-state index contributed by atoms with van der Waals surface area (Å²) in [4.78, 5) is 47.6. The minimum Gasteiger partial charge on any atom is -0.478 e. The lowest BCUT2D eigenvalue weighted by Crippen LogP contribution is -2.58. The molecule has 124 valence electrons. The molecule has 1 heterocycles. The van der Waals surface area contributed by atoms with E-state index >= 15 is 0 Å². The number of nitrogens with zero attached hydrogens (tertiary/aromatic N) is 1. The van der Waals surface area contributed by atoms with Gasteiger partial charge in [0.25, 0.3) is 0 Å². The first-order chi connectivity index (χ1) is 11.3. The Morgan fingerprint density at radius 3 is 2.46 bits per heavy atom. The fraction of sp³-hybridized carbons (Fsp3) is 0.125. The summed E-state index contributed by atoms with van der Waals surface area (Å²) in [6.07, 6.45) is 1.37. The van der Waals surface area contributed by atoms with Gasteiger partial charge >= 0.3 is 12.0 Å². The third-order valence-corrected chi connectivity index (χ3v) is 3.35. The number of barbiturate groups is 1. The van der Waals surface area contributed by atoms with Crippen molar-refractivity contribution < 1.29 is 24.3 Å². The lowest BCUT2D eigenvalue weighted by molar-refractivity contribution is -0.140. The lowest BCUT2D eigenvalue weighted by Gasteiger charge is -2.30. The second-order valence-corrected chi connectivity index (χ2v) is 5.00. The molecule has 1 aliphatic rings. The van der Waals surface area contributed by atoms with E-state index < -0.39 is 29.7 Å². The summed E-state index contributed by atoms with van der Waals surface area (Å²) in [7, 11) is 0. The number of urea groups is 1. The maximum Gasteiger partial charge on any atom is 0.335 e. The third kappa shape index (κ3) is 3.32. The summed E-state index contributed by atoms with van der Waals surface area (Å²) in [6, 6.07) is 4.89. The van der Waals surface area contributed by atoms with Crippen molar-refractivity contribution in [2.24, 2.45) is 5.92 Å². The Balaban J connectivity index is 2.16. The van der Waals surface area contributed by atoms with Gasteiger partial charge in [-0.15, -0.1) is 6.58 Å². The van der Waals surface area contributed by atoms with Crippen LogP contribution in [0.4, 0.5) is 10.5 Å². The van der Waals surface area contributed by atoms with E-state index in [-0.39, 0.29) is 17.8 Å². The zero-order valence-corrected chi connectivity index (χ0v) is 12.6. The van der Waals surface area contributed by atoms with Gasteiger partial charge in [-0.1, -0.05) is 12.7 Å². The minimum atomic E-state index is -1.28. The number of benzene rings is 1. The number of hydrogen-bond donors (Lipinski definition) is 3. The van der Waals surface area contributed by atoms with E-state index in [9.17, 15) is 19.2 Å². The largest absolute Gasteiger partial charge is 0.478 e. The smallest absolute Gasteiger partial charge is 0.335 e. The number of anilines is 1. The summed E-state index contributed by atoms with van der Waals surface area (Å²) in [5.74, 6) is -3.82. The number of carbonyl (C=O) groups is 4. The standard InChI is InChI=1S/C16H15N3O5/c1-3-8-19-14(21)12(13(20)18-16(19)24)9(2)17-11-6-4-10(5-7-11)15(22)23/h3-7,12,17H,1-2,8H2,(H,22,23)(H,18,20,24)/t12-/m0/s1. The summed E-state index contributed by atoms with van der Waals surface area (Å²) in [5.41, 5.74) is 0.625. The summed E-state index contributed by atoms with van der Waals surface area (Å²) in [5, 5.41) is 13.7. The molecular weight excluding hydrogens is 314 g/mol. The second-order valence-electron chi connectivity index (χ2n) is 5.00. The molecule has 0 spiro atoms. The molecule has 0 bridgehead atoms. The van der Waals surface area contributed by atoms with Crippen molar-refractivity contribution in [3.8, 4) is 0 Å². The number of rotatable bonds is 6. The van der Waals surface area contributed by atoms with Crippen molar-refractivity contribution in [1.29, 1.82) is 0 Å². The average Bonchev–Trinajstić information content (AvgIpc) is 2.51. The summed E-state index contributed by atoms with van der Waals surface area (Å²) < 4.78 is 0. The molecule has 1 aromatic carbocycles. The number of carboxylic acid groups (broad SMARTS) is 1. The van der Waals surface area contributed by atoms with Crippen molar-refractivity contribution in [3.05, 3.63) is 54.8 Å². The van der Waals surface area contributed by atoms with Gasteiger partial charge in [0, 0.05) is 17.9 Å². The second kappa shape index (κ2) is 6.78. The molecule has 2 rings (SSSR count). The first kappa shape index (κ1) is 16.9. The van der Waals surface area contributed by atoms with Gasteiger partial charge in [-0.25, -0.2) is 9.59 Å². The molecule has 1 fully saturated rings. The molecule has 24 heavy (non-hydrogen) atoms. The van der Waals surface area contributed by atoms with Crippen molar-refractivity contribution in [2.75, 3.05) is 11.9 Å². The summed E-state index contributed by atoms with van der Waals surface area (Å²) >= 11 is 0. The van der Waals surface area contributed by atoms with Crippen LogP contribution in [0.2, 0.25) is 0 Å². The molecule has 8 heteroatoms. The highest BCUT2D eigenvalue weighted by Gasteiger charge is 2.41. The van der Waals surface area contributed by atoms with Crippen LogP contribution >= 0.6 is 0 Å². The number of carbonyl (C=O) groups excluding carboxylic acids is 3. The van der Waals surface area contributed by atoms with E-state index in [2.05, 4.69) is 23.8 Å². The minimum absolute atomic E-state index is 0.0327. The van der Waals surface area contributed by atoms with E-state index in [4.69, 9.17) is 5.11 Å². The maximum atomic E-state index is 12.3. The fourth-order valence-electron chi connectivity index (χ4n) is 2.18. The van der Waals surface area contributed by atoms with Gasteiger partial charge in [0.15, 0.2) is 5.92 Å². The van der Waals surface area contributed by atoms with Crippen LogP contribution in [-0.4, -0.2) is 40.4 Å². The van der Waals surface area contributed by atoms with E-state index in [0.29, 0.717) is 5.69 Å². The van der Waals surface area contributed by atoms with Crippen molar-refractivity contribution in [1.82, 2.24) is 10.2 Å². The first-order valence-electron chi connectivity index (χ1n) is 6.91. The fourth-order valence-corrected chi connectivity index (χ4v) is 2.18. The number of amides is 4. The highest BCUT2D eigenvalue weighted by Crippen LogP contribution is 2.21. The molecule has 1 saturated heterocycles. The zero-order valence-electron chi connectivity index (χ0n) is 12.6. The monoisotopic (exact) mass is 329 g/mol. The molecule has 3 N–H and O–H groups in total. The molecule has 0 saturated carbocycles. The number of imide groups is 2. The van der Waals surface area contributed by atoms with Gasteiger partial charge in [0.1, 0.15) is 0 Å². The van der Waals surface area contributed by atoms with E-state index in [0.717, 1.165) is 4.90 Å². The van der Waals surface area contributed by atoms with Crippen LogP contribution in [-0.2, 0) is 9.59 Å². The van der Waals surface area contributed by atoms with Crippen LogP contribution in [0.3, 0.4) is 0 Å². The number of hydrogen-bond acceptors (Lipinski definition) is 5. The molecule has 0 aliphatic carbocycles. The Morgan fingerprint density at radius 2 is 1.92 bits per heavy atom. The Labute approximate surface area is 137 Å². The molecule has 4 amide bonds. The number of carboxylic acids is 1. The Kier molecular flexibility index (Phi) is 4.78. The number of nitrogens with one attached hydrogen (secondary N) is 2. The van der Waals surface area contributed by atoms with E-state index in [1.54, 1.807) is 0 Å². The van der Waals surface area contributed by atoms with Gasteiger partial charge in [-0.05, 0) is 24.3 Å². The highest BCUT2D eigenvalue weighted by atomic mass is 16.4. The SMILES string of the molecule is C=CCN1C(=O)NC(=O)[C@H](C(=C)Nc2ccc(C(=O)O)cc2)C1=O. The summed E-state index contributed by atoms with van der Waals surface area (Å²) in [6.45, 7) is 7.10. The molecule has 1 aliphatic heterocycles. The molecule has 8 nitrogen and oxygen atoms in total. The third-order valence-electron chi connectivity index (χ3n) is 3.35. The van der Waals surface area contributed by atoms with Crippen LogP contribution in [0.5, 0.6) is 0 Å². The highest BCUT2D eigenvalue weighted by molar-refractivity contribution is 6.18. The Morgan fingerprint density at radius 1 is 1.29 bits per heavy atom. The van der Waals surface area contributed by atoms with Crippen molar-refractivity contribution >= 4 is 29.5 Å². The predicted octanol–water partition coefficient (Wildman–Crippen LogP) is 1.19. The molecule has 1 atom stereocenters. The van der Waals surface area contributed by atoms with Gasteiger partial charge in [-0.3, -0.25) is 19.8 Å². The van der Waals surface area contributed by atoms with Crippen LogP contribution < -0.4 is 10.6 Å². The predicted molar refractivity (Wildman–Crippen MR) is 85.1 cm³/mol. The average molecular weight is 329 g/mol. The first-order valence-corrected chi connectivity index (χ1v) is 6.91. The van der Waals surface area contributed by atoms with E-state index in [1.807, 2.05) is 0 Å². The molecule has 0 aromatic heterocycles. The van der Waals surface area contributed by atoms with Gasteiger partial charge in [-0.2, -0.15) is 0 Å². The zero-order chi connectivity index (χ0) is 17.9. The van der Waals surface area contributed by atoms with E-state index in [1.165, 1.54) is 30.3 Å². The Bertz CT molecular complexity index is 739.